The van der Waals surface area contributed by atoms with Gasteiger partial charge in [-0.15, -0.1) is 0 Å². The van der Waals surface area contributed by atoms with E-state index in [0.29, 0.717) is 13.0 Å². The normalized spacial score (nSPS) is 24.4. The van der Waals surface area contributed by atoms with Crippen LogP contribution in [0.3, 0.4) is 0 Å². The number of esters is 1. The number of nitrogens with one attached hydrogen (secondary N) is 1. The number of benzene rings is 1. The minimum atomic E-state index is -0.726. The molecule has 0 radical (unpaired) electrons. The second-order valence-corrected chi connectivity index (χ2v) is 4.06. The molecule has 0 spiro atoms. The van der Waals surface area contributed by atoms with Crippen molar-refractivity contribution >= 4 is 11.8 Å². The van der Waals surface area contributed by atoms with Gasteiger partial charge >= 0.3 is 5.97 Å². The van der Waals surface area contributed by atoms with E-state index in [1.807, 2.05) is 30.3 Å². The molecule has 2 rings (SSSR count). The molecular weight excluding hydrogens is 218 g/mol. The lowest BCUT2D eigenvalue weighted by Crippen LogP contribution is -2.44. The maximum atomic E-state index is 11.8. The van der Waals surface area contributed by atoms with E-state index >= 15 is 0 Å². The van der Waals surface area contributed by atoms with Crippen molar-refractivity contribution < 1.29 is 14.3 Å². The molecule has 2 atom stereocenters. The number of ketones is 1. The van der Waals surface area contributed by atoms with Crippen LogP contribution < -0.4 is 5.32 Å². The smallest absolute Gasteiger partial charge is 0.318 e. The minimum absolute atomic E-state index is 0.0514. The van der Waals surface area contributed by atoms with Gasteiger partial charge in [-0.05, 0) is 5.56 Å². The van der Waals surface area contributed by atoms with Crippen molar-refractivity contribution in [3.8, 4) is 0 Å². The van der Waals surface area contributed by atoms with Gasteiger partial charge in [-0.25, -0.2) is 0 Å². The summed E-state index contributed by atoms with van der Waals surface area (Å²) in [5.41, 5.74) is 0.941. The van der Waals surface area contributed by atoms with Crippen molar-refractivity contribution in [3.05, 3.63) is 35.9 Å². The summed E-state index contributed by atoms with van der Waals surface area (Å²) in [5.74, 6) is -1.24. The van der Waals surface area contributed by atoms with E-state index < -0.39 is 11.9 Å². The number of Topliss-reactive ketones (excluding diaryl/α,β-unsaturated/α-hetero) is 1. The van der Waals surface area contributed by atoms with Crippen LogP contribution in [0.25, 0.3) is 0 Å². The van der Waals surface area contributed by atoms with E-state index in [1.165, 1.54) is 7.11 Å². The van der Waals surface area contributed by atoms with Gasteiger partial charge in [0.2, 0.25) is 0 Å². The fourth-order valence-corrected chi connectivity index (χ4v) is 2.18. The third-order valence-corrected chi connectivity index (χ3v) is 3.03. The number of carbonyl (C=O) groups is 2. The summed E-state index contributed by atoms with van der Waals surface area (Å²) >= 11 is 0. The zero-order valence-corrected chi connectivity index (χ0v) is 9.68. The quantitative estimate of drug-likeness (QED) is 0.613. The van der Waals surface area contributed by atoms with Crippen LogP contribution >= 0.6 is 0 Å². The zero-order valence-electron chi connectivity index (χ0n) is 9.68. The fraction of sp³-hybridized carbons (Fsp3) is 0.385. The third-order valence-electron chi connectivity index (χ3n) is 3.03. The Bertz CT molecular complexity index is 408. The molecule has 0 aliphatic carbocycles. The molecule has 1 aromatic rings. The Labute approximate surface area is 100.0 Å². The molecule has 1 aliphatic rings. The fourth-order valence-electron chi connectivity index (χ4n) is 2.18. The highest BCUT2D eigenvalue weighted by Gasteiger charge is 2.38. The Hall–Kier alpha value is -1.68. The van der Waals surface area contributed by atoms with E-state index in [9.17, 15) is 9.59 Å². The predicted octanol–water partition coefficient (Wildman–Crippen LogP) is 1.08. The van der Waals surface area contributed by atoms with Crippen molar-refractivity contribution in [3.63, 3.8) is 0 Å². The van der Waals surface area contributed by atoms with Gasteiger partial charge in [0.05, 0.1) is 13.2 Å². The van der Waals surface area contributed by atoms with E-state index in [1.54, 1.807) is 0 Å². The highest BCUT2D eigenvalue weighted by molar-refractivity contribution is 6.00. The molecule has 1 aliphatic heterocycles. The number of hydrogen-bond acceptors (Lipinski definition) is 4. The Kier molecular flexibility index (Phi) is 3.54. The molecule has 1 fully saturated rings. The second-order valence-electron chi connectivity index (χ2n) is 4.06. The SMILES string of the molecule is COC(=O)[C@H]1C(=O)CCN[C@@H]1c1ccccc1. The molecule has 1 heterocycles. The van der Waals surface area contributed by atoms with Crippen molar-refractivity contribution in [1.82, 2.24) is 5.32 Å². The van der Waals surface area contributed by atoms with E-state index in [0.717, 1.165) is 5.56 Å². The van der Waals surface area contributed by atoms with Gasteiger partial charge in [-0.2, -0.15) is 0 Å². The van der Waals surface area contributed by atoms with E-state index in [-0.39, 0.29) is 11.8 Å². The Morgan fingerprint density at radius 3 is 2.71 bits per heavy atom. The first-order chi connectivity index (χ1) is 8.24. The zero-order chi connectivity index (χ0) is 12.3. The number of methoxy groups -OCH3 is 1. The van der Waals surface area contributed by atoms with E-state index in [4.69, 9.17) is 4.74 Å². The van der Waals surface area contributed by atoms with Crippen LogP contribution in [0.2, 0.25) is 0 Å². The minimum Gasteiger partial charge on any atom is -0.468 e. The number of piperidine rings is 1. The van der Waals surface area contributed by atoms with Crippen LogP contribution in [0.15, 0.2) is 30.3 Å². The van der Waals surface area contributed by atoms with Gasteiger partial charge in [0.15, 0.2) is 0 Å². The topological polar surface area (TPSA) is 55.4 Å². The standard InChI is InChI=1S/C13H15NO3/c1-17-13(16)11-10(15)7-8-14-12(11)9-5-3-2-4-6-9/h2-6,11-12,14H,7-8H2,1H3/t11-,12+/m0/s1. The molecule has 1 saturated heterocycles. The van der Waals surface area contributed by atoms with Crippen molar-refractivity contribution in [2.24, 2.45) is 5.92 Å². The molecule has 0 saturated carbocycles. The molecule has 1 N–H and O–H groups in total. The average Bonchev–Trinajstić information content (AvgIpc) is 2.38. The van der Waals surface area contributed by atoms with Gasteiger partial charge in [0.1, 0.15) is 11.7 Å². The van der Waals surface area contributed by atoms with Crippen LogP contribution in [0.5, 0.6) is 0 Å². The summed E-state index contributed by atoms with van der Waals surface area (Å²) in [6, 6.07) is 9.24. The van der Waals surface area contributed by atoms with Gasteiger partial charge in [0, 0.05) is 13.0 Å². The number of carbonyl (C=O) groups excluding carboxylic acids is 2. The first-order valence-corrected chi connectivity index (χ1v) is 5.63. The summed E-state index contributed by atoms with van der Waals surface area (Å²) in [4.78, 5) is 23.5. The predicted molar refractivity (Wildman–Crippen MR) is 62.3 cm³/mol. The van der Waals surface area contributed by atoms with Crippen molar-refractivity contribution in [2.45, 2.75) is 12.5 Å². The third kappa shape index (κ3) is 2.36. The van der Waals surface area contributed by atoms with Crippen LogP contribution in [0.1, 0.15) is 18.0 Å². The lowest BCUT2D eigenvalue weighted by molar-refractivity contribution is -0.151. The first-order valence-electron chi connectivity index (χ1n) is 5.63. The van der Waals surface area contributed by atoms with Crippen LogP contribution in [0.4, 0.5) is 0 Å². The highest BCUT2D eigenvalue weighted by Crippen LogP contribution is 2.27. The largest absolute Gasteiger partial charge is 0.468 e. The van der Waals surface area contributed by atoms with Gasteiger partial charge in [-0.1, -0.05) is 30.3 Å². The molecule has 0 unspecified atom stereocenters. The molecule has 0 amide bonds. The van der Waals surface area contributed by atoms with Crippen molar-refractivity contribution in [1.29, 1.82) is 0 Å². The van der Waals surface area contributed by atoms with Crippen LogP contribution in [-0.4, -0.2) is 25.4 Å². The molecule has 4 nitrogen and oxygen atoms in total. The number of hydrogen-bond donors (Lipinski definition) is 1. The van der Waals surface area contributed by atoms with Gasteiger partial charge in [-0.3, -0.25) is 9.59 Å². The summed E-state index contributed by atoms with van der Waals surface area (Å²) in [6.07, 6.45) is 0.378. The lowest BCUT2D eigenvalue weighted by atomic mass is 9.85. The Morgan fingerprint density at radius 2 is 2.06 bits per heavy atom. The molecule has 90 valence electrons. The molecule has 17 heavy (non-hydrogen) atoms. The lowest BCUT2D eigenvalue weighted by Gasteiger charge is -2.29. The maximum Gasteiger partial charge on any atom is 0.318 e. The summed E-state index contributed by atoms with van der Waals surface area (Å²) in [7, 11) is 1.31. The molecule has 0 bridgehead atoms. The number of rotatable bonds is 2. The monoisotopic (exact) mass is 233 g/mol. The Balaban J connectivity index is 2.30. The molecule has 1 aromatic carbocycles. The summed E-state index contributed by atoms with van der Waals surface area (Å²) in [6.45, 7) is 0.603. The van der Waals surface area contributed by atoms with Gasteiger partial charge in [0.25, 0.3) is 0 Å². The average molecular weight is 233 g/mol. The summed E-state index contributed by atoms with van der Waals surface area (Å²) in [5, 5.41) is 3.21. The Morgan fingerprint density at radius 1 is 1.35 bits per heavy atom. The van der Waals surface area contributed by atoms with Crippen LogP contribution in [-0.2, 0) is 14.3 Å². The highest BCUT2D eigenvalue weighted by atomic mass is 16.5. The van der Waals surface area contributed by atoms with Gasteiger partial charge < -0.3 is 10.1 Å². The first kappa shape index (κ1) is 11.8. The second kappa shape index (κ2) is 5.10. The van der Waals surface area contributed by atoms with Crippen molar-refractivity contribution in [2.75, 3.05) is 13.7 Å². The van der Waals surface area contributed by atoms with E-state index in [2.05, 4.69) is 5.32 Å². The van der Waals surface area contributed by atoms with Crippen LogP contribution in [0, 0.1) is 5.92 Å². The number of ether oxygens (including phenoxy) is 1. The maximum absolute atomic E-state index is 11.8. The molecular formula is C13H15NO3. The molecule has 0 aromatic heterocycles. The summed E-state index contributed by atoms with van der Waals surface area (Å²) < 4.78 is 4.71. The molecule has 4 heteroatoms.